The predicted octanol–water partition coefficient (Wildman–Crippen LogP) is -0.404. The number of ether oxygens (including phenoxy) is 2. The van der Waals surface area contributed by atoms with Crippen molar-refractivity contribution in [2.24, 2.45) is 0 Å². The van der Waals surface area contributed by atoms with E-state index in [2.05, 4.69) is 10.1 Å². The van der Waals surface area contributed by atoms with Gasteiger partial charge in [0.25, 0.3) is 0 Å². The Labute approximate surface area is 100 Å². The third kappa shape index (κ3) is 4.70. The van der Waals surface area contributed by atoms with Crippen LogP contribution < -0.4 is 5.32 Å². The van der Waals surface area contributed by atoms with Crippen LogP contribution in [0.4, 0.5) is 0 Å². The Morgan fingerprint density at radius 2 is 2.29 bits per heavy atom. The first-order chi connectivity index (χ1) is 8.17. The first kappa shape index (κ1) is 13.9. The third-order valence-corrected chi connectivity index (χ3v) is 2.69. The number of carbonyl (C=O) groups is 2. The maximum atomic E-state index is 11.6. The molecule has 0 aromatic heterocycles. The van der Waals surface area contributed by atoms with Gasteiger partial charge in [-0.1, -0.05) is 0 Å². The fourth-order valence-electron chi connectivity index (χ4n) is 1.75. The molecule has 0 bridgehead atoms. The molecule has 17 heavy (non-hydrogen) atoms. The summed E-state index contributed by atoms with van der Waals surface area (Å²) in [5, 5.41) is 11.4. The maximum Gasteiger partial charge on any atom is 0.330 e. The molecule has 0 spiro atoms. The number of aliphatic hydroxyl groups is 1. The van der Waals surface area contributed by atoms with E-state index in [1.54, 1.807) is 0 Å². The summed E-state index contributed by atoms with van der Waals surface area (Å²) in [7, 11) is 1.21. The van der Waals surface area contributed by atoms with Crippen molar-refractivity contribution in [2.75, 3.05) is 20.3 Å². The monoisotopic (exact) mass is 245 g/mol. The van der Waals surface area contributed by atoms with Crippen molar-refractivity contribution in [3.05, 3.63) is 0 Å². The van der Waals surface area contributed by atoms with Crippen molar-refractivity contribution >= 4 is 11.9 Å². The molecule has 2 atom stereocenters. The van der Waals surface area contributed by atoms with Gasteiger partial charge in [0.1, 0.15) is 0 Å². The van der Waals surface area contributed by atoms with Crippen molar-refractivity contribution in [2.45, 2.75) is 37.8 Å². The normalized spacial score (nSPS) is 21.6. The van der Waals surface area contributed by atoms with Crippen LogP contribution >= 0.6 is 0 Å². The molecular weight excluding hydrogens is 226 g/mol. The van der Waals surface area contributed by atoms with Crippen molar-refractivity contribution in [1.82, 2.24) is 5.32 Å². The predicted molar refractivity (Wildman–Crippen MR) is 59.2 cm³/mol. The van der Waals surface area contributed by atoms with E-state index >= 15 is 0 Å². The molecule has 2 unspecified atom stereocenters. The van der Waals surface area contributed by atoms with Crippen LogP contribution in [0.25, 0.3) is 0 Å². The van der Waals surface area contributed by atoms with Gasteiger partial charge in [0.2, 0.25) is 5.91 Å². The molecule has 1 saturated heterocycles. The number of methoxy groups -OCH3 is 1. The highest BCUT2D eigenvalue weighted by molar-refractivity contribution is 5.84. The first-order valence-electron chi connectivity index (χ1n) is 5.77. The van der Waals surface area contributed by atoms with E-state index < -0.39 is 18.6 Å². The lowest BCUT2D eigenvalue weighted by molar-refractivity contribution is -0.146. The minimum absolute atomic E-state index is 0.0826. The van der Waals surface area contributed by atoms with Gasteiger partial charge in [-0.15, -0.1) is 0 Å². The smallest absolute Gasteiger partial charge is 0.330 e. The van der Waals surface area contributed by atoms with Gasteiger partial charge in [0.15, 0.2) is 6.04 Å². The van der Waals surface area contributed by atoms with Crippen LogP contribution in [0, 0.1) is 0 Å². The Morgan fingerprint density at radius 1 is 1.53 bits per heavy atom. The third-order valence-electron chi connectivity index (χ3n) is 2.69. The van der Waals surface area contributed by atoms with Gasteiger partial charge < -0.3 is 19.9 Å². The molecule has 1 heterocycles. The van der Waals surface area contributed by atoms with E-state index in [9.17, 15) is 9.59 Å². The Balaban J connectivity index is 2.33. The summed E-state index contributed by atoms with van der Waals surface area (Å²) >= 11 is 0. The molecule has 0 radical (unpaired) electrons. The molecule has 1 aliphatic heterocycles. The summed E-state index contributed by atoms with van der Waals surface area (Å²) in [6.07, 6.45) is 3.07. The van der Waals surface area contributed by atoms with Crippen molar-refractivity contribution in [3.63, 3.8) is 0 Å². The molecule has 6 nitrogen and oxygen atoms in total. The van der Waals surface area contributed by atoms with E-state index in [4.69, 9.17) is 9.84 Å². The van der Waals surface area contributed by atoms with Gasteiger partial charge in [0, 0.05) is 6.61 Å². The van der Waals surface area contributed by atoms with Gasteiger partial charge in [-0.05, 0) is 19.3 Å². The number of hydrogen-bond donors (Lipinski definition) is 2. The average molecular weight is 245 g/mol. The molecule has 1 fully saturated rings. The second-order valence-corrected chi connectivity index (χ2v) is 4.02. The lowest BCUT2D eigenvalue weighted by Crippen LogP contribution is -2.45. The van der Waals surface area contributed by atoms with Gasteiger partial charge in [0.05, 0.1) is 26.2 Å². The van der Waals surface area contributed by atoms with E-state index in [0.29, 0.717) is 6.61 Å². The van der Waals surface area contributed by atoms with Crippen molar-refractivity contribution in [1.29, 1.82) is 0 Å². The Kier molecular flexibility index (Phi) is 5.93. The van der Waals surface area contributed by atoms with Crippen LogP contribution in [-0.2, 0) is 19.1 Å². The van der Waals surface area contributed by atoms with Crippen molar-refractivity contribution in [3.8, 4) is 0 Å². The van der Waals surface area contributed by atoms with E-state index in [-0.39, 0.29) is 18.4 Å². The molecule has 0 aliphatic carbocycles. The van der Waals surface area contributed by atoms with Gasteiger partial charge in [-0.2, -0.15) is 0 Å². The first-order valence-corrected chi connectivity index (χ1v) is 5.77. The standard InChI is InChI=1S/C11H19NO5/c1-16-11(15)9(7-13)12-10(14)6-8-4-2-3-5-17-8/h8-9,13H,2-7H2,1H3,(H,12,14). The molecular formula is C11H19NO5. The summed E-state index contributed by atoms with van der Waals surface area (Å²) in [5.74, 6) is -0.952. The summed E-state index contributed by atoms with van der Waals surface area (Å²) in [6, 6.07) is -0.990. The van der Waals surface area contributed by atoms with Crippen LogP contribution in [0.15, 0.2) is 0 Å². The molecule has 98 valence electrons. The fraction of sp³-hybridized carbons (Fsp3) is 0.818. The number of esters is 1. The van der Waals surface area contributed by atoms with Crippen LogP contribution in [0.3, 0.4) is 0 Å². The maximum absolute atomic E-state index is 11.6. The number of rotatable bonds is 5. The van der Waals surface area contributed by atoms with E-state index in [0.717, 1.165) is 19.3 Å². The Morgan fingerprint density at radius 3 is 2.82 bits per heavy atom. The van der Waals surface area contributed by atoms with Gasteiger partial charge in [-0.25, -0.2) is 4.79 Å². The highest BCUT2D eigenvalue weighted by atomic mass is 16.5. The number of aliphatic hydroxyl groups excluding tert-OH is 1. The molecule has 2 N–H and O–H groups in total. The SMILES string of the molecule is COC(=O)C(CO)NC(=O)CC1CCCCO1. The number of hydrogen-bond acceptors (Lipinski definition) is 5. The van der Waals surface area contributed by atoms with Crippen LogP contribution in [-0.4, -0.2) is 49.5 Å². The average Bonchev–Trinajstić information content (AvgIpc) is 2.36. The highest BCUT2D eigenvalue weighted by Gasteiger charge is 2.23. The number of amides is 1. The molecule has 0 saturated carbocycles. The summed E-state index contributed by atoms with van der Waals surface area (Å²) in [4.78, 5) is 22.7. The zero-order chi connectivity index (χ0) is 12.7. The molecule has 6 heteroatoms. The summed E-state index contributed by atoms with van der Waals surface area (Å²) < 4.78 is 9.86. The molecule has 0 aromatic rings. The molecule has 1 rings (SSSR count). The van der Waals surface area contributed by atoms with Crippen molar-refractivity contribution < 1.29 is 24.2 Å². The zero-order valence-electron chi connectivity index (χ0n) is 9.98. The lowest BCUT2D eigenvalue weighted by atomic mass is 10.1. The minimum Gasteiger partial charge on any atom is -0.467 e. The largest absolute Gasteiger partial charge is 0.467 e. The molecule has 1 amide bonds. The highest BCUT2D eigenvalue weighted by Crippen LogP contribution is 2.15. The van der Waals surface area contributed by atoms with Gasteiger partial charge in [-0.3, -0.25) is 4.79 Å². The molecule has 1 aliphatic rings. The number of carbonyl (C=O) groups excluding carboxylic acids is 2. The zero-order valence-corrected chi connectivity index (χ0v) is 9.98. The van der Waals surface area contributed by atoms with E-state index in [1.807, 2.05) is 0 Å². The summed E-state index contributed by atoms with van der Waals surface area (Å²) in [6.45, 7) is 0.211. The van der Waals surface area contributed by atoms with E-state index in [1.165, 1.54) is 7.11 Å². The Bertz CT molecular complexity index is 263. The quantitative estimate of drug-likeness (QED) is 0.643. The topological polar surface area (TPSA) is 84.9 Å². The second-order valence-electron chi connectivity index (χ2n) is 4.02. The van der Waals surface area contributed by atoms with Crippen LogP contribution in [0.1, 0.15) is 25.7 Å². The van der Waals surface area contributed by atoms with Gasteiger partial charge >= 0.3 is 5.97 Å². The Hall–Kier alpha value is -1.14. The fourth-order valence-corrected chi connectivity index (χ4v) is 1.75. The second kappa shape index (κ2) is 7.24. The summed E-state index contributed by atoms with van der Waals surface area (Å²) in [5.41, 5.74) is 0. The number of nitrogens with one attached hydrogen (secondary N) is 1. The van der Waals surface area contributed by atoms with Crippen LogP contribution in [0.5, 0.6) is 0 Å². The van der Waals surface area contributed by atoms with Crippen LogP contribution in [0.2, 0.25) is 0 Å². The lowest BCUT2D eigenvalue weighted by Gasteiger charge is -2.22. The minimum atomic E-state index is -0.990. The molecule has 0 aromatic carbocycles.